The van der Waals surface area contributed by atoms with Gasteiger partial charge in [0.15, 0.2) is 0 Å². The maximum atomic E-state index is 13.8. The lowest BCUT2D eigenvalue weighted by molar-refractivity contribution is 0.551. The van der Waals surface area contributed by atoms with Crippen molar-refractivity contribution in [3.05, 3.63) is 29.6 Å². The normalized spacial score (nSPS) is 26.5. The van der Waals surface area contributed by atoms with Crippen molar-refractivity contribution in [2.24, 2.45) is 11.7 Å². The van der Waals surface area contributed by atoms with Crippen molar-refractivity contribution in [3.63, 3.8) is 0 Å². The lowest BCUT2D eigenvalue weighted by Gasteiger charge is -2.30. The van der Waals surface area contributed by atoms with Gasteiger partial charge in [0.2, 0.25) is 0 Å². The molecule has 90 valence electrons. The van der Waals surface area contributed by atoms with E-state index in [0.717, 1.165) is 18.2 Å². The van der Waals surface area contributed by atoms with Crippen LogP contribution in [0.1, 0.15) is 24.8 Å². The minimum atomic E-state index is -0.308. The standard InChI is InChI=1S/C13H15FN2S/c14-10-2-1-3-11(12(10)13(15)17)16-7-8-4-5-9(16)6-8/h1-3,8-9H,4-7H2,(H2,15,17). The highest BCUT2D eigenvalue weighted by atomic mass is 32.1. The van der Waals surface area contributed by atoms with Crippen LogP contribution in [-0.4, -0.2) is 17.6 Å². The van der Waals surface area contributed by atoms with Gasteiger partial charge in [-0.05, 0) is 37.3 Å². The van der Waals surface area contributed by atoms with Gasteiger partial charge in [-0.15, -0.1) is 0 Å². The molecule has 4 heteroatoms. The van der Waals surface area contributed by atoms with Crippen LogP contribution in [0, 0.1) is 11.7 Å². The third-order valence-corrected chi connectivity index (χ3v) is 4.16. The first-order valence-corrected chi connectivity index (χ1v) is 6.42. The molecule has 1 aliphatic heterocycles. The summed E-state index contributed by atoms with van der Waals surface area (Å²) >= 11 is 4.97. The highest BCUT2D eigenvalue weighted by Gasteiger charge is 2.38. The molecular formula is C13H15FN2S. The second-order valence-electron chi connectivity index (χ2n) is 4.98. The van der Waals surface area contributed by atoms with E-state index in [4.69, 9.17) is 18.0 Å². The average Bonchev–Trinajstić information content (AvgIpc) is 2.89. The van der Waals surface area contributed by atoms with Crippen LogP contribution in [0.2, 0.25) is 0 Å². The van der Waals surface area contributed by atoms with Crippen molar-refractivity contribution < 1.29 is 4.39 Å². The lowest BCUT2D eigenvalue weighted by atomic mass is 10.1. The van der Waals surface area contributed by atoms with E-state index in [0.29, 0.717) is 11.6 Å². The molecule has 0 aromatic heterocycles. The number of halogens is 1. The van der Waals surface area contributed by atoms with E-state index in [2.05, 4.69) is 4.90 Å². The zero-order valence-electron chi connectivity index (χ0n) is 9.53. The first kappa shape index (κ1) is 11.0. The van der Waals surface area contributed by atoms with Crippen LogP contribution in [0.3, 0.4) is 0 Å². The molecule has 1 aliphatic carbocycles. The molecule has 2 aliphatic rings. The van der Waals surface area contributed by atoms with Crippen LogP contribution in [0.4, 0.5) is 10.1 Å². The van der Waals surface area contributed by atoms with Gasteiger partial charge in [0.25, 0.3) is 0 Å². The van der Waals surface area contributed by atoms with E-state index >= 15 is 0 Å². The van der Waals surface area contributed by atoms with Crippen LogP contribution < -0.4 is 10.6 Å². The fourth-order valence-corrected chi connectivity index (χ4v) is 3.42. The Labute approximate surface area is 106 Å². The topological polar surface area (TPSA) is 29.3 Å². The summed E-state index contributed by atoms with van der Waals surface area (Å²) in [4.78, 5) is 2.44. The molecule has 1 heterocycles. The van der Waals surface area contributed by atoms with Gasteiger partial charge in [-0.3, -0.25) is 0 Å². The second kappa shape index (κ2) is 3.95. The fourth-order valence-electron chi connectivity index (χ4n) is 3.22. The molecule has 3 rings (SSSR count). The number of anilines is 1. The summed E-state index contributed by atoms with van der Waals surface area (Å²) in [6.45, 7) is 1.02. The molecule has 0 radical (unpaired) electrons. The third-order valence-electron chi connectivity index (χ3n) is 3.96. The maximum absolute atomic E-state index is 13.8. The molecule has 1 aromatic carbocycles. The summed E-state index contributed by atoms with van der Waals surface area (Å²) in [7, 11) is 0. The number of nitrogens with two attached hydrogens (primary N) is 1. The third kappa shape index (κ3) is 1.71. The van der Waals surface area contributed by atoms with Crippen LogP contribution >= 0.6 is 12.2 Å². The molecular weight excluding hydrogens is 235 g/mol. The summed E-state index contributed by atoms with van der Waals surface area (Å²) in [5.74, 6) is 0.459. The Morgan fingerprint density at radius 3 is 2.82 bits per heavy atom. The summed E-state index contributed by atoms with van der Waals surface area (Å²) in [6, 6.07) is 5.64. The number of hydrogen-bond donors (Lipinski definition) is 1. The monoisotopic (exact) mass is 250 g/mol. The van der Waals surface area contributed by atoms with Gasteiger partial charge in [0.05, 0.1) is 11.3 Å². The minimum Gasteiger partial charge on any atom is -0.389 e. The predicted octanol–water partition coefficient (Wildman–Crippen LogP) is 2.45. The van der Waals surface area contributed by atoms with Crippen LogP contribution in [-0.2, 0) is 0 Å². The fraction of sp³-hybridized carbons (Fsp3) is 0.462. The van der Waals surface area contributed by atoms with E-state index in [1.807, 2.05) is 6.07 Å². The zero-order valence-corrected chi connectivity index (χ0v) is 10.3. The quantitative estimate of drug-likeness (QED) is 0.818. The van der Waals surface area contributed by atoms with E-state index in [1.165, 1.54) is 25.3 Å². The van der Waals surface area contributed by atoms with Gasteiger partial charge >= 0.3 is 0 Å². The molecule has 2 atom stereocenters. The summed E-state index contributed by atoms with van der Waals surface area (Å²) in [5, 5.41) is 0. The van der Waals surface area contributed by atoms with Gasteiger partial charge in [0, 0.05) is 12.6 Å². The smallest absolute Gasteiger partial charge is 0.135 e. The first-order chi connectivity index (χ1) is 8.16. The number of benzene rings is 1. The first-order valence-electron chi connectivity index (χ1n) is 6.02. The highest BCUT2D eigenvalue weighted by molar-refractivity contribution is 7.80. The van der Waals surface area contributed by atoms with E-state index in [9.17, 15) is 4.39 Å². The predicted molar refractivity (Wildman–Crippen MR) is 70.8 cm³/mol. The average molecular weight is 250 g/mol. The molecule has 2 bridgehead atoms. The van der Waals surface area contributed by atoms with Crippen LogP contribution in [0.5, 0.6) is 0 Å². The van der Waals surface area contributed by atoms with E-state index in [1.54, 1.807) is 6.07 Å². The molecule has 1 saturated carbocycles. The molecule has 2 nitrogen and oxygen atoms in total. The zero-order chi connectivity index (χ0) is 12.0. The second-order valence-corrected chi connectivity index (χ2v) is 5.42. The highest BCUT2D eigenvalue weighted by Crippen LogP contribution is 2.41. The molecule has 2 unspecified atom stereocenters. The summed E-state index contributed by atoms with van der Waals surface area (Å²) in [5.41, 5.74) is 6.94. The Bertz CT molecular complexity index is 474. The van der Waals surface area contributed by atoms with Gasteiger partial charge in [-0.25, -0.2) is 4.39 Å². The Balaban J connectivity index is 2.03. The molecule has 1 saturated heterocycles. The van der Waals surface area contributed by atoms with Crippen molar-refractivity contribution in [1.82, 2.24) is 0 Å². The number of nitrogens with zero attached hydrogens (tertiary/aromatic N) is 1. The molecule has 0 spiro atoms. The van der Waals surface area contributed by atoms with Crippen molar-refractivity contribution in [2.75, 3.05) is 11.4 Å². The molecule has 2 N–H and O–H groups in total. The summed E-state index contributed by atoms with van der Waals surface area (Å²) in [6.07, 6.45) is 3.74. The number of thiocarbonyl (C=S) groups is 1. The maximum Gasteiger partial charge on any atom is 0.135 e. The molecule has 1 aromatic rings. The Kier molecular flexibility index (Phi) is 2.54. The molecule has 0 amide bonds. The van der Waals surface area contributed by atoms with Gasteiger partial charge in [0.1, 0.15) is 10.8 Å². The SMILES string of the molecule is NC(=S)c1c(F)cccc1N1CC2CCC1C2. The number of fused-ring (bicyclic) bond motifs is 2. The van der Waals surface area contributed by atoms with Crippen LogP contribution in [0.15, 0.2) is 18.2 Å². The van der Waals surface area contributed by atoms with Gasteiger partial charge in [-0.1, -0.05) is 18.3 Å². The Morgan fingerprint density at radius 2 is 2.24 bits per heavy atom. The Hall–Kier alpha value is -1.16. The molecule has 2 fully saturated rings. The lowest BCUT2D eigenvalue weighted by Crippen LogP contribution is -2.34. The van der Waals surface area contributed by atoms with Crippen LogP contribution in [0.25, 0.3) is 0 Å². The van der Waals surface area contributed by atoms with E-state index < -0.39 is 0 Å². The number of piperidine rings is 1. The number of hydrogen-bond acceptors (Lipinski definition) is 2. The Morgan fingerprint density at radius 1 is 1.41 bits per heavy atom. The van der Waals surface area contributed by atoms with E-state index in [-0.39, 0.29) is 10.8 Å². The van der Waals surface area contributed by atoms with Crippen molar-refractivity contribution in [1.29, 1.82) is 0 Å². The van der Waals surface area contributed by atoms with Crippen molar-refractivity contribution in [2.45, 2.75) is 25.3 Å². The largest absolute Gasteiger partial charge is 0.389 e. The van der Waals surface area contributed by atoms with Gasteiger partial charge < -0.3 is 10.6 Å². The summed E-state index contributed by atoms with van der Waals surface area (Å²) < 4.78 is 13.8. The van der Waals surface area contributed by atoms with Gasteiger partial charge in [-0.2, -0.15) is 0 Å². The minimum absolute atomic E-state index is 0.154. The molecule has 17 heavy (non-hydrogen) atoms. The van der Waals surface area contributed by atoms with Crippen molar-refractivity contribution in [3.8, 4) is 0 Å². The number of rotatable bonds is 2. The van der Waals surface area contributed by atoms with Crippen molar-refractivity contribution >= 4 is 22.9 Å².